The molecule has 0 aliphatic heterocycles. The number of carboxylic acid groups (broad SMARTS) is 1. The van der Waals surface area contributed by atoms with Crippen LogP contribution in [-0.4, -0.2) is 11.1 Å². The second-order valence-corrected chi connectivity index (χ2v) is 4.45. The number of aryl methyl sites for hydroxylation is 1. The van der Waals surface area contributed by atoms with Gasteiger partial charge in [0.05, 0.1) is 5.56 Å². The number of rotatable bonds is 4. The second kappa shape index (κ2) is 5.65. The molecule has 0 atom stereocenters. The summed E-state index contributed by atoms with van der Waals surface area (Å²) < 4.78 is 13.4. The smallest absolute Gasteiger partial charge is 0.336 e. The molecule has 0 radical (unpaired) electrons. The van der Waals surface area contributed by atoms with Gasteiger partial charge in [0.25, 0.3) is 0 Å². The van der Waals surface area contributed by atoms with E-state index in [0.29, 0.717) is 5.56 Å². The maximum Gasteiger partial charge on any atom is 0.336 e. The number of benzene rings is 2. The minimum atomic E-state index is -1.05. The zero-order chi connectivity index (χ0) is 13.8. The lowest BCUT2D eigenvalue weighted by atomic mass is 9.97. The topological polar surface area (TPSA) is 37.3 Å². The first-order chi connectivity index (χ1) is 9.11. The average Bonchev–Trinajstić information content (AvgIpc) is 2.39. The van der Waals surface area contributed by atoms with Gasteiger partial charge in [0, 0.05) is 0 Å². The van der Waals surface area contributed by atoms with Crippen LogP contribution in [0.4, 0.5) is 4.39 Å². The third kappa shape index (κ3) is 2.99. The summed E-state index contributed by atoms with van der Waals surface area (Å²) in [6.45, 7) is 2.08. The quantitative estimate of drug-likeness (QED) is 0.894. The van der Waals surface area contributed by atoms with E-state index in [9.17, 15) is 9.18 Å². The fourth-order valence-electron chi connectivity index (χ4n) is 2.12. The van der Waals surface area contributed by atoms with Crippen molar-refractivity contribution >= 4 is 5.97 Å². The SMILES string of the molecule is CCCc1cccc(-c2cc(F)ccc2C(=O)O)c1. The maximum absolute atomic E-state index is 13.4. The number of carboxylic acids is 1. The van der Waals surface area contributed by atoms with Crippen LogP contribution in [0.2, 0.25) is 0 Å². The molecule has 0 bridgehead atoms. The van der Waals surface area contributed by atoms with E-state index in [0.717, 1.165) is 24.0 Å². The third-order valence-electron chi connectivity index (χ3n) is 2.99. The van der Waals surface area contributed by atoms with Gasteiger partial charge in [-0.1, -0.05) is 37.6 Å². The summed E-state index contributed by atoms with van der Waals surface area (Å²) >= 11 is 0. The first-order valence-corrected chi connectivity index (χ1v) is 6.24. The molecular formula is C16H15FO2. The van der Waals surface area contributed by atoms with Crippen molar-refractivity contribution in [2.24, 2.45) is 0 Å². The van der Waals surface area contributed by atoms with Gasteiger partial charge in [-0.05, 0) is 41.3 Å². The number of hydrogen-bond donors (Lipinski definition) is 1. The Kier molecular flexibility index (Phi) is 3.95. The van der Waals surface area contributed by atoms with E-state index in [1.807, 2.05) is 18.2 Å². The molecule has 1 N–H and O–H groups in total. The van der Waals surface area contributed by atoms with Gasteiger partial charge in [0.2, 0.25) is 0 Å². The van der Waals surface area contributed by atoms with Gasteiger partial charge in [-0.25, -0.2) is 9.18 Å². The summed E-state index contributed by atoms with van der Waals surface area (Å²) in [7, 11) is 0. The van der Waals surface area contributed by atoms with Crippen LogP contribution in [0.15, 0.2) is 42.5 Å². The molecule has 0 fully saturated rings. The summed E-state index contributed by atoms with van der Waals surface area (Å²) in [5.41, 5.74) is 2.41. The van der Waals surface area contributed by atoms with Gasteiger partial charge < -0.3 is 5.11 Å². The normalized spacial score (nSPS) is 10.4. The minimum absolute atomic E-state index is 0.120. The Morgan fingerprint density at radius 1 is 1.21 bits per heavy atom. The van der Waals surface area contributed by atoms with E-state index in [-0.39, 0.29) is 5.56 Å². The van der Waals surface area contributed by atoms with Crippen LogP contribution >= 0.6 is 0 Å². The molecule has 0 aromatic heterocycles. The van der Waals surface area contributed by atoms with Crippen molar-refractivity contribution in [2.75, 3.05) is 0 Å². The highest BCUT2D eigenvalue weighted by Gasteiger charge is 2.12. The van der Waals surface area contributed by atoms with Crippen LogP contribution in [0, 0.1) is 5.82 Å². The molecule has 0 saturated carbocycles. The Hall–Kier alpha value is -2.16. The Morgan fingerprint density at radius 3 is 2.68 bits per heavy atom. The molecule has 98 valence electrons. The van der Waals surface area contributed by atoms with E-state index in [1.54, 1.807) is 6.07 Å². The van der Waals surface area contributed by atoms with Crippen molar-refractivity contribution in [1.82, 2.24) is 0 Å². The molecule has 2 aromatic carbocycles. The van der Waals surface area contributed by atoms with Crippen molar-refractivity contribution in [1.29, 1.82) is 0 Å². The molecule has 0 amide bonds. The molecule has 0 saturated heterocycles. The second-order valence-electron chi connectivity index (χ2n) is 4.45. The lowest BCUT2D eigenvalue weighted by Crippen LogP contribution is -2.00. The first kappa shape index (κ1) is 13.3. The molecule has 2 aromatic rings. The van der Waals surface area contributed by atoms with Crippen molar-refractivity contribution < 1.29 is 14.3 Å². The molecule has 0 spiro atoms. The van der Waals surface area contributed by atoms with Crippen LogP contribution in [-0.2, 0) is 6.42 Å². The minimum Gasteiger partial charge on any atom is -0.478 e. The van der Waals surface area contributed by atoms with E-state index in [1.165, 1.54) is 18.2 Å². The largest absolute Gasteiger partial charge is 0.478 e. The Balaban J connectivity index is 2.54. The van der Waals surface area contributed by atoms with Crippen molar-refractivity contribution in [3.63, 3.8) is 0 Å². The van der Waals surface area contributed by atoms with Crippen molar-refractivity contribution in [3.8, 4) is 11.1 Å². The summed E-state index contributed by atoms with van der Waals surface area (Å²) in [6.07, 6.45) is 1.93. The lowest BCUT2D eigenvalue weighted by Gasteiger charge is -2.08. The molecule has 2 rings (SSSR count). The Morgan fingerprint density at radius 2 is 2.00 bits per heavy atom. The first-order valence-electron chi connectivity index (χ1n) is 6.24. The van der Waals surface area contributed by atoms with E-state index < -0.39 is 11.8 Å². The van der Waals surface area contributed by atoms with Gasteiger partial charge in [-0.2, -0.15) is 0 Å². The zero-order valence-electron chi connectivity index (χ0n) is 10.7. The van der Waals surface area contributed by atoms with Gasteiger partial charge in [-0.3, -0.25) is 0 Å². The lowest BCUT2D eigenvalue weighted by molar-refractivity contribution is 0.0697. The summed E-state index contributed by atoms with van der Waals surface area (Å²) in [4.78, 5) is 11.2. The fraction of sp³-hybridized carbons (Fsp3) is 0.188. The predicted molar refractivity (Wildman–Crippen MR) is 72.8 cm³/mol. The summed E-state index contributed by atoms with van der Waals surface area (Å²) in [5, 5.41) is 9.17. The molecule has 3 heteroatoms. The van der Waals surface area contributed by atoms with Crippen molar-refractivity contribution in [3.05, 3.63) is 59.4 Å². The molecule has 19 heavy (non-hydrogen) atoms. The highest BCUT2D eigenvalue weighted by atomic mass is 19.1. The van der Waals surface area contributed by atoms with Gasteiger partial charge in [0.15, 0.2) is 0 Å². The van der Waals surface area contributed by atoms with Crippen LogP contribution in [0.5, 0.6) is 0 Å². The predicted octanol–water partition coefficient (Wildman–Crippen LogP) is 4.14. The molecule has 0 unspecified atom stereocenters. The van der Waals surface area contributed by atoms with E-state index in [2.05, 4.69) is 6.92 Å². The highest BCUT2D eigenvalue weighted by Crippen LogP contribution is 2.26. The molecule has 0 heterocycles. The highest BCUT2D eigenvalue weighted by molar-refractivity contribution is 5.96. The summed E-state index contributed by atoms with van der Waals surface area (Å²) in [5.74, 6) is -1.48. The van der Waals surface area contributed by atoms with Crippen molar-refractivity contribution in [2.45, 2.75) is 19.8 Å². The van der Waals surface area contributed by atoms with Gasteiger partial charge >= 0.3 is 5.97 Å². The van der Waals surface area contributed by atoms with E-state index in [4.69, 9.17) is 5.11 Å². The Bertz CT molecular complexity index is 605. The van der Waals surface area contributed by atoms with Crippen LogP contribution in [0.25, 0.3) is 11.1 Å². The fourth-order valence-corrected chi connectivity index (χ4v) is 2.12. The summed E-state index contributed by atoms with van der Waals surface area (Å²) in [6, 6.07) is 11.3. The number of carbonyl (C=O) groups is 1. The molecule has 2 nitrogen and oxygen atoms in total. The molecule has 0 aliphatic rings. The van der Waals surface area contributed by atoms with E-state index >= 15 is 0 Å². The average molecular weight is 258 g/mol. The number of halogens is 1. The standard InChI is InChI=1S/C16H15FO2/c1-2-4-11-5-3-6-12(9-11)15-10-13(17)7-8-14(15)16(18)19/h3,5-10H,2,4H2,1H3,(H,18,19). The number of hydrogen-bond acceptors (Lipinski definition) is 1. The van der Waals surface area contributed by atoms with Gasteiger partial charge in [-0.15, -0.1) is 0 Å². The molecule has 0 aliphatic carbocycles. The monoisotopic (exact) mass is 258 g/mol. The van der Waals surface area contributed by atoms with Crippen LogP contribution in [0.3, 0.4) is 0 Å². The molecular weight excluding hydrogens is 243 g/mol. The zero-order valence-corrected chi connectivity index (χ0v) is 10.7. The number of aromatic carboxylic acids is 1. The maximum atomic E-state index is 13.4. The Labute approximate surface area is 111 Å². The third-order valence-corrected chi connectivity index (χ3v) is 2.99. The van der Waals surface area contributed by atoms with Crippen LogP contribution in [0.1, 0.15) is 29.3 Å². The van der Waals surface area contributed by atoms with Crippen LogP contribution < -0.4 is 0 Å². The van der Waals surface area contributed by atoms with Gasteiger partial charge in [0.1, 0.15) is 5.82 Å².